The first-order valence-electron chi connectivity index (χ1n) is 15.2. The summed E-state index contributed by atoms with van der Waals surface area (Å²) in [5.74, 6) is -4.08. The van der Waals surface area contributed by atoms with Gasteiger partial charge < -0.3 is 10.4 Å². The number of amides is 1. The van der Waals surface area contributed by atoms with Gasteiger partial charge in [0.15, 0.2) is 5.21 Å². The molecule has 0 bridgehead atoms. The number of hydrogen-bond acceptors (Lipinski definition) is 5. The lowest BCUT2D eigenvalue weighted by Crippen LogP contribution is -2.39. The summed E-state index contributed by atoms with van der Waals surface area (Å²) in [5.41, 5.74) is 7.19. The smallest absolute Gasteiger partial charge is 0.293 e. The molecule has 46 heavy (non-hydrogen) atoms. The fourth-order valence-electron chi connectivity index (χ4n) is 6.42. The van der Waals surface area contributed by atoms with Crippen molar-refractivity contribution in [2.24, 2.45) is 5.92 Å². The lowest BCUT2D eigenvalue weighted by atomic mass is 9.84. The summed E-state index contributed by atoms with van der Waals surface area (Å²) in [5, 5.41) is 11.2. The third kappa shape index (κ3) is 6.54. The Morgan fingerprint density at radius 1 is 1.02 bits per heavy atom. The second kappa shape index (κ2) is 13.1. The standard InChI is InChI=1S/C35H31ClF2N6O.H2O/c36-28-10-12-33(44-22-40-41-42-44)30(19-28)27-9-11-32(39-21-27)29(17-23-5-2-1-3-6-23)26-8-4-7-25(18-26)24-13-15-43(16-14-24)34(45)31-20-35(31,37)38;/h1-12,18-19,21-22,24,29,31H,13-17,20H2;1H2/t29-,31?;/m0./s1. The van der Waals surface area contributed by atoms with E-state index in [0.717, 1.165) is 47.3 Å². The molecule has 3 aromatic carbocycles. The monoisotopic (exact) mass is 642 g/mol. The van der Waals surface area contributed by atoms with Crippen LogP contribution in [-0.4, -0.2) is 55.8 Å². The second-order valence-corrected chi connectivity index (χ2v) is 12.4. The van der Waals surface area contributed by atoms with Gasteiger partial charge >= 0.3 is 0 Å². The average molecular weight is 643 g/mol. The number of nitrogens with one attached hydrogen (secondary N) is 1. The number of tetrazole rings is 1. The van der Waals surface area contributed by atoms with Gasteiger partial charge in [-0.2, -0.15) is 0 Å². The number of hydrogen-bond donors (Lipinski definition) is 1. The quantitative estimate of drug-likeness (QED) is 0.198. The average Bonchev–Trinajstić information content (AvgIpc) is 3.42. The highest BCUT2D eigenvalue weighted by Gasteiger charge is 2.62. The van der Waals surface area contributed by atoms with Crippen molar-refractivity contribution >= 4 is 17.5 Å². The Hall–Kier alpha value is -4.54. The van der Waals surface area contributed by atoms with Crippen LogP contribution in [0.2, 0.25) is 5.02 Å². The van der Waals surface area contributed by atoms with Gasteiger partial charge in [0.05, 0.1) is 0 Å². The van der Waals surface area contributed by atoms with Crippen molar-refractivity contribution in [2.45, 2.75) is 43.4 Å². The molecule has 7 rings (SSSR count). The highest BCUT2D eigenvalue weighted by molar-refractivity contribution is 6.31. The van der Waals surface area contributed by atoms with Gasteiger partial charge in [-0.05, 0) is 66.1 Å². The number of carbonyl (C=O) groups is 1. The van der Waals surface area contributed by atoms with Crippen molar-refractivity contribution in [3.8, 4) is 16.8 Å². The molecule has 1 aliphatic carbocycles. The van der Waals surface area contributed by atoms with Crippen LogP contribution >= 0.6 is 11.6 Å². The summed E-state index contributed by atoms with van der Waals surface area (Å²) in [6.07, 6.45) is 5.46. The molecule has 1 unspecified atom stereocenters. The first-order valence-corrected chi connectivity index (χ1v) is 15.6. The number of pyridine rings is 1. The Bertz CT molecular complexity index is 1800. The van der Waals surface area contributed by atoms with E-state index in [1.54, 1.807) is 15.9 Å². The molecular weight excluding hydrogens is 610 g/mol. The molecule has 2 fully saturated rings. The fourth-order valence-corrected chi connectivity index (χ4v) is 6.59. The van der Waals surface area contributed by atoms with E-state index in [4.69, 9.17) is 16.6 Å². The first-order chi connectivity index (χ1) is 21.9. The first kappa shape index (κ1) is 31.4. The largest absolute Gasteiger partial charge is 0.870 e. The lowest BCUT2D eigenvalue weighted by Gasteiger charge is -2.32. The summed E-state index contributed by atoms with van der Waals surface area (Å²) >= 11 is 6.39. The molecule has 1 amide bonds. The SMILES string of the molecule is O=C(C1CC1(F)F)N1CCC(c2cccc([C@H](Cc3ccccc3)c3ccc(-c4cc(Cl)ccc4-[n+]4cnn[nH]4)cn3)c2)CC1.[OH-]. The van der Waals surface area contributed by atoms with Crippen molar-refractivity contribution in [1.29, 1.82) is 0 Å². The molecule has 1 aliphatic heterocycles. The van der Waals surface area contributed by atoms with Gasteiger partial charge in [0.25, 0.3) is 12.2 Å². The van der Waals surface area contributed by atoms with Crippen LogP contribution in [0.4, 0.5) is 8.78 Å². The van der Waals surface area contributed by atoms with Gasteiger partial charge in [-0.25, -0.2) is 8.78 Å². The zero-order chi connectivity index (χ0) is 31.0. The van der Waals surface area contributed by atoms with E-state index >= 15 is 0 Å². The summed E-state index contributed by atoms with van der Waals surface area (Å²) in [6.45, 7) is 1.02. The van der Waals surface area contributed by atoms with E-state index in [1.807, 2.05) is 30.5 Å². The zero-order valence-electron chi connectivity index (χ0n) is 24.9. The molecule has 3 heterocycles. The maximum atomic E-state index is 13.5. The normalized spacial score (nSPS) is 18.1. The molecule has 2 aliphatic rings. The number of benzene rings is 3. The van der Waals surface area contributed by atoms with Crippen LogP contribution in [0.3, 0.4) is 0 Å². The van der Waals surface area contributed by atoms with E-state index in [9.17, 15) is 13.6 Å². The third-order valence-corrected chi connectivity index (χ3v) is 9.28. The van der Waals surface area contributed by atoms with Crippen LogP contribution in [0.25, 0.3) is 16.8 Å². The van der Waals surface area contributed by atoms with Gasteiger partial charge in [-0.3, -0.25) is 9.78 Å². The van der Waals surface area contributed by atoms with Crippen LogP contribution < -0.4 is 4.68 Å². The number of halogens is 3. The highest BCUT2D eigenvalue weighted by Crippen LogP contribution is 2.50. The number of aromatic amines is 1. The lowest BCUT2D eigenvalue weighted by molar-refractivity contribution is -0.659. The molecule has 1 saturated carbocycles. The van der Waals surface area contributed by atoms with Gasteiger partial charge in [-0.15, -0.1) is 4.68 Å². The molecule has 5 aromatic rings. The molecule has 0 spiro atoms. The molecule has 0 radical (unpaired) electrons. The number of nitrogens with zero attached hydrogens (tertiary/aromatic N) is 5. The van der Waals surface area contributed by atoms with E-state index in [1.165, 1.54) is 11.1 Å². The van der Waals surface area contributed by atoms with Gasteiger partial charge in [0, 0.05) is 53.5 Å². The van der Waals surface area contributed by atoms with Crippen molar-refractivity contribution in [3.63, 3.8) is 0 Å². The number of aromatic nitrogens is 5. The second-order valence-electron chi connectivity index (χ2n) is 12.0. The minimum Gasteiger partial charge on any atom is -0.870 e. The maximum Gasteiger partial charge on any atom is 0.293 e. The molecule has 236 valence electrons. The van der Waals surface area contributed by atoms with Crippen LogP contribution in [0.15, 0.2) is 97.5 Å². The molecule has 2 N–H and O–H groups in total. The molecule has 2 aromatic heterocycles. The van der Waals surface area contributed by atoms with Crippen molar-refractivity contribution in [2.75, 3.05) is 13.1 Å². The Morgan fingerprint density at radius 2 is 1.80 bits per heavy atom. The van der Waals surface area contributed by atoms with Crippen LogP contribution in [0, 0.1) is 5.92 Å². The number of piperidine rings is 1. The molecule has 11 heteroatoms. The third-order valence-electron chi connectivity index (χ3n) is 9.05. The highest BCUT2D eigenvalue weighted by atomic mass is 35.5. The summed E-state index contributed by atoms with van der Waals surface area (Å²) in [6, 6.07) is 28.8. The van der Waals surface area contributed by atoms with Crippen LogP contribution in [-0.2, 0) is 11.2 Å². The fraction of sp³-hybridized carbons (Fsp3) is 0.286. The van der Waals surface area contributed by atoms with E-state index in [-0.39, 0.29) is 23.7 Å². The number of carbonyl (C=O) groups excluding carboxylic acids is 1. The predicted molar refractivity (Wildman–Crippen MR) is 168 cm³/mol. The summed E-state index contributed by atoms with van der Waals surface area (Å²) in [4.78, 5) is 19.1. The van der Waals surface area contributed by atoms with Gasteiger partial charge in [0.2, 0.25) is 5.91 Å². The maximum absolute atomic E-state index is 13.5. The predicted octanol–water partition coefficient (Wildman–Crippen LogP) is 6.36. The summed E-state index contributed by atoms with van der Waals surface area (Å²) in [7, 11) is 0. The molecule has 2 atom stereocenters. The minimum absolute atomic E-state index is 0. The van der Waals surface area contributed by atoms with Crippen molar-refractivity contribution in [3.05, 3.63) is 125 Å². The van der Waals surface area contributed by atoms with E-state index in [2.05, 4.69) is 76.2 Å². The van der Waals surface area contributed by atoms with Crippen LogP contribution in [0.5, 0.6) is 0 Å². The molecular formula is C35H33ClF2N6O2. The van der Waals surface area contributed by atoms with Crippen molar-refractivity contribution in [1.82, 2.24) is 25.4 Å². The van der Waals surface area contributed by atoms with E-state index in [0.29, 0.717) is 18.1 Å². The Kier molecular flexibility index (Phi) is 8.93. The van der Waals surface area contributed by atoms with Crippen molar-refractivity contribution < 1.29 is 23.7 Å². The Balaban J connectivity index is 0.00000372. The number of likely N-dealkylation sites (tertiary alicyclic amines) is 1. The Morgan fingerprint density at radius 3 is 2.48 bits per heavy atom. The van der Waals surface area contributed by atoms with Crippen LogP contribution in [0.1, 0.15) is 53.5 Å². The van der Waals surface area contributed by atoms with Gasteiger partial charge in [-0.1, -0.05) is 77.5 Å². The number of rotatable bonds is 8. The summed E-state index contributed by atoms with van der Waals surface area (Å²) < 4.78 is 28.7. The zero-order valence-corrected chi connectivity index (χ0v) is 25.7. The number of H-pyrrole nitrogens is 1. The van der Waals surface area contributed by atoms with Gasteiger partial charge in [0.1, 0.15) is 16.7 Å². The molecule has 1 saturated heterocycles. The topological polar surface area (TPSA) is 109 Å². The molecule has 8 nitrogen and oxygen atoms in total. The minimum atomic E-state index is -2.82. The number of alkyl halides is 2. The Labute approximate surface area is 270 Å². The van der Waals surface area contributed by atoms with E-state index < -0.39 is 17.7 Å².